The van der Waals surface area contributed by atoms with Crippen molar-refractivity contribution in [3.63, 3.8) is 0 Å². The summed E-state index contributed by atoms with van der Waals surface area (Å²) in [7, 11) is 0. The number of nitrogens with one attached hydrogen (secondary N) is 1. The molecule has 17 unspecified atom stereocenters. The van der Waals surface area contributed by atoms with Crippen LogP contribution in [0.1, 0.15) is 162 Å². The molecule has 0 aromatic rings. The maximum absolute atomic E-state index is 13.3. The van der Waals surface area contributed by atoms with Gasteiger partial charge in [-0.3, -0.25) is 4.79 Å². The van der Waals surface area contributed by atoms with Gasteiger partial charge >= 0.3 is 0 Å². The summed E-state index contributed by atoms with van der Waals surface area (Å²) < 4.78 is 34.2. The van der Waals surface area contributed by atoms with Crippen LogP contribution in [0.25, 0.3) is 0 Å². The van der Waals surface area contributed by atoms with Crippen LogP contribution in [0.3, 0.4) is 0 Å². The summed E-state index contributed by atoms with van der Waals surface area (Å²) in [5.41, 5.74) is 0. The summed E-state index contributed by atoms with van der Waals surface area (Å²) in [5, 5.41) is 120. The highest BCUT2D eigenvalue weighted by Crippen LogP contribution is 2.33. The van der Waals surface area contributed by atoms with Gasteiger partial charge in [-0.05, 0) is 51.4 Å². The highest BCUT2D eigenvalue weighted by atomic mass is 16.8. The summed E-state index contributed by atoms with van der Waals surface area (Å²) in [5.74, 6) is -0.270. The molecule has 0 aromatic heterocycles. The standard InChI is InChI=1S/C55H97NO18/c1-3-5-7-9-11-13-15-17-18-19-20-21-23-25-27-29-31-33-43(61)56-38(39(60)32-30-28-26-24-22-16-14-12-10-8-6-4-2)37-69-53-49(67)46(64)51(41(35-58)71-53)74-55-50(68)47(65)52(42(36-59)72-55)73-54-48(66)45(63)44(62)40(34-57)70-54/h5,7,11,13,17-18,20-21,38-42,44-55,57-60,62-68H,3-4,6,8-10,12,14-16,19,22-37H2,1-2H3,(H,56,61)/b7-5-,13-11-,18-17-,21-20-. The number of carbonyl (C=O) groups is 1. The average Bonchev–Trinajstić information content (AvgIpc) is 3.40. The van der Waals surface area contributed by atoms with E-state index in [2.05, 4.69) is 67.8 Å². The molecule has 0 bridgehead atoms. The number of unbranched alkanes of at least 4 members (excludes halogenated alkanes) is 15. The minimum absolute atomic E-state index is 0.236. The van der Waals surface area contributed by atoms with Crippen LogP contribution in [-0.4, -0.2) is 193 Å². The van der Waals surface area contributed by atoms with Crippen LogP contribution in [0.4, 0.5) is 0 Å². The molecule has 3 fully saturated rings. The molecule has 0 aromatic carbocycles. The lowest BCUT2D eigenvalue weighted by Gasteiger charge is -2.48. The summed E-state index contributed by atoms with van der Waals surface area (Å²) in [6.07, 6.45) is 13.5. The summed E-state index contributed by atoms with van der Waals surface area (Å²) in [6.45, 7) is 1.61. The van der Waals surface area contributed by atoms with Crippen molar-refractivity contribution in [2.45, 2.75) is 266 Å². The third-order valence-corrected chi connectivity index (χ3v) is 13.9. The Bertz CT molecular complexity index is 1550. The van der Waals surface area contributed by atoms with Gasteiger partial charge in [0.05, 0.1) is 38.6 Å². The zero-order chi connectivity index (χ0) is 54.1. The molecule has 0 spiro atoms. The van der Waals surface area contributed by atoms with Gasteiger partial charge < -0.3 is 89.9 Å². The highest BCUT2D eigenvalue weighted by Gasteiger charge is 2.53. The van der Waals surface area contributed by atoms with E-state index in [1.54, 1.807) is 0 Å². The van der Waals surface area contributed by atoms with Gasteiger partial charge in [0.15, 0.2) is 18.9 Å². The van der Waals surface area contributed by atoms with E-state index >= 15 is 0 Å². The maximum atomic E-state index is 13.3. The Kier molecular flexibility index (Phi) is 34.9. The number of aliphatic hydroxyl groups is 11. The Morgan fingerprint density at radius 1 is 0.500 bits per heavy atom. The van der Waals surface area contributed by atoms with Gasteiger partial charge in [0.2, 0.25) is 5.91 Å². The number of carbonyl (C=O) groups excluding carboxylic acids is 1. The van der Waals surface area contributed by atoms with Crippen LogP contribution in [0.2, 0.25) is 0 Å². The third-order valence-electron chi connectivity index (χ3n) is 13.9. The van der Waals surface area contributed by atoms with Crippen LogP contribution in [0.15, 0.2) is 48.6 Å². The molecule has 430 valence electrons. The molecule has 1 amide bonds. The molecule has 0 radical (unpaired) electrons. The fourth-order valence-corrected chi connectivity index (χ4v) is 9.30. The quantitative estimate of drug-likeness (QED) is 0.0310. The van der Waals surface area contributed by atoms with Crippen molar-refractivity contribution >= 4 is 5.91 Å². The molecular weight excluding hydrogens is 963 g/mol. The van der Waals surface area contributed by atoms with Crippen molar-refractivity contribution in [1.82, 2.24) is 5.32 Å². The molecule has 12 N–H and O–H groups in total. The van der Waals surface area contributed by atoms with Gasteiger partial charge in [0.25, 0.3) is 0 Å². The van der Waals surface area contributed by atoms with E-state index in [0.29, 0.717) is 12.8 Å². The number of rotatable bonds is 39. The Hall–Kier alpha value is -2.25. The SMILES string of the molecule is CC/C=C\C/C=C\C/C=C\C/C=C\CCCCCCC(=O)NC(COC1OC(CO)C(OC2OC(CO)C(OC3OC(CO)C(O)C(O)C3O)C(O)C2O)C(O)C1O)C(O)CCCCCCCCCCCCCC. The fourth-order valence-electron chi connectivity index (χ4n) is 9.30. The Morgan fingerprint density at radius 3 is 1.46 bits per heavy atom. The van der Waals surface area contributed by atoms with Gasteiger partial charge in [0, 0.05) is 6.42 Å². The highest BCUT2D eigenvalue weighted by molar-refractivity contribution is 5.76. The first-order chi connectivity index (χ1) is 35.8. The lowest BCUT2D eigenvalue weighted by molar-refractivity contribution is -0.379. The molecule has 3 saturated heterocycles. The normalized spacial score (nSPS) is 31.8. The second kappa shape index (κ2) is 39.2. The van der Waals surface area contributed by atoms with Gasteiger partial charge in [-0.15, -0.1) is 0 Å². The van der Waals surface area contributed by atoms with Crippen LogP contribution in [-0.2, 0) is 33.2 Å². The second-order valence-corrected chi connectivity index (χ2v) is 20.0. The van der Waals surface area contributed by atoms with E-state index in [1.807, 2.05) is 0 Å². The molecule has 74 heavy (non-hydrogen) atoms. The fraction of sp³-hybridized carbons (Fsp3) is 0.836. The zero-order valence-electron chi connectivity index (χ0n) is 44.3. The zero-order valence-corrected chi connectivity index (χ0v) is 44.3. The predicted molar refractivity (Wildman–Crippen MR) is 277 cm³/mol. The number of allylic oxidation sites excluding steroid dienone is 8. The molecular formula is C55H97NO18. The number of ether oxygens (including phenoxy) is 6. The Balaban J connectivity index is 1.53. The van der Waals surface area contributed by atoms with Gasteiger partial charge in [-0.25, -0.2) is 0 Å². The molecule has 3 aliphatic heterocycles. The van der Waals surface area contributed by atoms with Crippen molar-refractivity contribution in [2.24, 2.45) is 0 Å². The van der Waals surface area contributed by atoms with Gasteiger partial charge in [0.1, 0.15) is 73.2 Å². The van der Waals surface area contributed by atoms with E-state index in [4.69, 9.17) is 28.4 Å². The van der Waals surface area contributed by atoms with E-state index in [-0.39, 0.29) is 18.9 Å². The number of hydrogen-bond donors (Lipinski definition) is 12. The lowest BCUT2D eigenvalue weighted by Crippen LogP contribution is -2.66. The van der Waals surface area contributed by atoms with Crippen LogP contribution in [0.5, 0.6) is 0 Å². The smallest absolute Gasteiger partial charge is 0.220 e. The largest absolute Gasteiger partial charge is 0.394 e. The van der Waals surface area contributed by atoms with Crippen molar-refractivity contribution in [3.05, 3.63) is 48.6 Å². The molecule has 19 heteroatoms. The summed E-state index contributed by atoms with van der Waals surface area (Å²) in [4.78, 5) is 13.3. The van der Waals surface area contributed by atoms with Crippen molar-refractivity contribution in [1.29, 1.82) is 0 Å². The second-order valence-electron chi connectivity index (χ2n) is 20.0. The van der Waals surface area contributed by atoms with Crippen molar-refractivity contribution in [2.75, 3.05) is 26.4 Å². The van der Waals surface area contributed by atoms with Crippen LogP contribution >= 0.6 is 0 Å². The van der Waals surface area contributed by atoms with E-state index < -0.39 is 124 Å². The first kappa shape index (κ1) is 66.0. The average molecular weight is 1060 g/mol. The molecule has 0 aliphatic carbocycles. The van der Waals surface area contributed by atoms with Crippen LogP contribution in [0, 0.1) is 0 Å². The van der Waals surface area contributed by atoms with Gasteiger partial charge in [-0.1, -0.05) is 152 Å². The molecule has 3 aliphatic rings. The molecule has 17 atom stereocenters. The van der Waals surface area contributed by atoms with Crippen molar-refractivity contribution < 1.29 is 89.4 Å². The summed E-state index contributed by atoms with van der Waals surface area (Å²) >= 11 is 0. The van der Waals surface area contributed by atoms with E-state index in [0.717, 1.165) is 77.0 Å². The number of amides is 1. The van der Waals surface area contributed by atoms with E-state index in [9.17, 15) is 61.0 Å². The topological polar surface area (TPSA) is 307 Å². The maximum Gasteiger partial charge on any atom is 0.220 e. The predicted octanol–water partition coefficient (Wildman–Crippen LogP) is 3.53. The van der Waals surface area contributed by atoms with Gasteiger partial charge in [-0.2, -0.15) is 0 Å². The summed E-state index contributed by atoms with van der Waals surface area (Å²) in [6, 6.07) is -0.899. The minimum atomic E-state index is -1.97. The van der Waals surface area contributed by atoms with E-state index in [1.165, 1.54) is 51.4 Å². The molecule has 3 rings (SSSR count). The monoisotopic (exact) mass is 1060 g/mol. The Labute approximate surface area is 440 Å². The minimum Gasteiger partial charge on any atom is -0.394 e. The number of aliphatic hydroxyl groups excluding tert-OH is 11. The molecule has 19 nitrogen and oxygen atoms in total. The first-order valence-electron chi connectivity index (χ1n) is 27.9. The number of hydrogen-bond acceptors (Lipinski definition) is 18. The lowest BCUT2D eigenvalue weighted by atomic mass is 9.96. The first-order valence-corrected chi connectivity index (χ1v) is 27.9. The molecule has 3 heterocycles. The van der Waals surface area contributed by atoms with Crippen LogP contribution < -0.4 is 5.32 Å². The Morgan fingerprint density at radius 2 is 0.932 bits per heavy atom. The van der Waals surface area contributed by atoms with Crippen molar-refractivity contribution in [3.8, 4) is 0 Å². The third kappa shape index (κ3) is 23.8. The molecule has 0 saturated carbocycles.